The standard InChI is InChI=1S/C21H20F3N3O3/c22-21(23,24)16-4-7-18(25-13-16)27-11-9-15(10-12-27)20(30)26-17-5-1-14(2-6-17)3-8-19(28)29/h1-8,13,15H,9-12H2,(H,26,30)(H,28,29)/b8-3+. The van der Waals surface area contributed by atoms with Gasteiger partial charge in [-0.1, -0.05) is 12.1 Å². The van der Waals surface area contributed by atoms with Crippen LogP contribution in [-0.4, -0.2) is 35.1 Å². The highest BCUT2D eigenvalue weighted by atomic mass is 19.4. The SMILES string of the molecule is O=C(O)/C=C/c1ccc(NC(=O)C2CCN(c3ccc(C(F)(F)F)cn3)CC2)cc1. The zero-order chi connectivity index (χ0) is 21.7. The second kappa shape index (κ2) is 8.98. The number of pyridine rings is 1. The van der Waals surface area contributed by atoms with Gasteiger partial charge in [0.1, 0.15) is 5.82 Å². The quantitative estimate of drug-likeness (QED) is 0.715. The summed E-state index contributed by atoms with van der Waals surface area (Å²) in [5.41, 5.74) is 0.525. The van der Waals surface area contributed by atoms with Gasteiger partial charge in [-0.15, -0.1) is 0 Å². The lowest BCUT2D eigenvalue weighted by molar-refractivity contribution is -0.138. The molecule has 1 amide bonds. The smallest absolute Gasteiger partial charge is 0.417 e. The van der Waals surface area contributed by atoms with Crippen molar-refractivity contribution < 1.29 is 27.9 Å². The summed E-state index contributed by atoms with van der Waals surface area (Å²) in [6.45, 7) is 1.05. The van der Waals surface area contributed by atoms with E-state index in [2.05, 4.69) is 10.3 Å². The zero-order valence-electron chi connectivity index (χ0n) is 15.9. The van der Waals surface area contributed by atoms with Gasteiger partial charge >= 0.3 is 12.1 Å². The third-order valence-electron chi connectivity index (χ3n) is 4.86. The summed E-state index contributed by atoms with van der Waals surface area (Å²) in [5, 5.41) is 11.5. The summed E-state index contributed by atoms with van der Waals surface area (Å²) < 4.78 is 37.9. The molecule has 0 spiro atoms. The Kier molecular flexibility index (Phi) is 6.39. The molecule has 30 heavy (non-hydrogen) atoms. The van der Waals surface area contributed by atoms with Crippen molar-refractivity contribution in [1.29, 1.82) is 0 Å². The van der Waals surface area contributed by atoms with Crippen molar-refractivity contribution in [1.82, 2.24) is 4.98 Å². The first kappa shape index (κ1) is 21.4. The van der Waals surface area contributed by atoms with Crippen molar-refractivity contribution in [2.75, 3.05) is 23.3 Å². The maximum Gasteiger partial charge on any atom is 0.417 e. The summed E-state index contributed by atoms with van der Waals surface area (Å²) in [6, 6.07) is 9.16. The van der Waals surface area contributed by atoms with Crippen LogP contribution in [0, 0.1) is 5.92 Å². The van der Waals surface area contributed by atoms with Gasteiger partial charge in [0, 0.05) is 37.0 Å². The number of aliphatic carboxylic acids is 1. The van der Waals surface area contributed by atoms with E-state index in [1.165, 1.54) is 12.1 Å². The van der Waals surface area contributed by atoms with E-state index in [1.807, 2.05) is 4.90 Å². The molecule has 0 bridgehead atoms. The number of carbonyl (C=O) groups is 2. The molecule has 2 N–H and O–H groups in total. The van der Waals surface area contributed by atoms with Gasteiger partial charge in [0.25, 0.3) is 0 Å². The number of hydrogen-bond acceptors (Lipinski definition) is 4. The Morgan fingerprint density at radius 2 is 1.77 bits per heavy atom. The number of halogens is 3. The van der Waals surface area contributed by atoms with Crippen LogP contribution >= 0.6 is 0 Å². The van der Waals surface area contributed by atoms with Crippen LogP contribution in [0.4, 0.5) is 24.7 Å². The number of anilines is 2. The first-order valence-electron chi connectivity index (χ1n) is 9.32. The maximum absolute atomic E-state index is 12.6. The number of nitrogens with zero attached hydrogens (tertiary/aromatic N) is 2. The van der Waals surface area contributed by atoms with Gasteiger partial charge in [0.2, 0.25) is 5.91 Å². The van der Waals surface area contributed by atoms with E-state index in [1.54, 1.807) is 24.3 Å². The first-order chi connectivity index (χ1) is 14.2. The zero-order valence-corrected chi connectivity index (χ0v) is 15.9. The van der Waals surface area contributed by atoms with Crippen molar-refractivity contribution in [3.05, 3.63) is 59.8 Å². The number of piperidine rings is 1. The monoisotopic (exact) mass is 419 g/mol. The molecule has 9 heteroatoms. The van der Waals surface area contributed by atoms with Gasteiger partial charge in [0.05, 0.1) is 5.56 Å². The van der Waals surface area contributed by atoms with Crippen LogP contribution in [0.5, 0.6) is 0 Å². The number of carbonyl (C=O) groups excluding carboxylic acids is 1. The molecule has 1 aromatic carbocycles. The lowest BCUT2D eigenvalue weighted by Gasteiger charge is -2.32. The Labute approximate surface area is 171 Å². The topological polar surface area (TPSA) is 82.5 Å². The molecule has 1 aromatic heterocycles. The highest BCUT2D eigenvalue weighted by molar-refractivity contribution is 5.93. The molecule has 0 saturated carbocycles. The van der Waals surface area contributed by atoms with E-state index in [-0.39, 0.29) is 11.8 Å². The average molecular weight is 419 g/mol. The third kappa shape index (κ3) is 5.59. The molecule has 1 fully saturated rings. The Morgan fingerprint density at radius 1 is 1.10 bits per heavy atom. The molecule has 2 aromatic rings. The second-order valence-electron chi connectivity index (χ2n) is 6.95. The Hall–Kier alpha value is -3.36. The maximum atomic E-state index is 12.6. The van der Waals surface area contributed by atoms with E-state index < -0.39 is 17.7 Å². The normalized spacial score (nSPS) is 15.4. The van der Waals surface area contributed by atoms with E-state index >= 15 is 0 Å². The van der Waals surface area contributed by atoms with Crippen LogP contribution in [0.2, 0.25) is 0 Å². The molecular formula is C21H20F3N3O3. The molecule has 1 aliphatic heterocycles. The Bertz CT molecular complexity index is 917. The highest BCUT2D eigenvalue weighted by Gasteiger charge is 2.31. The van der Waals surface area contributed by atoms with Crippen LogP contribution in [0.1, 0.15) is 24.0 Å². The van der Waals surface area contributed by atoms with Gasteiger partial charge in [-0.3, -0.25) is 4.79 Å². The minimum absolute atomic E-state index is 0.121. The van der Waals surface area contributed by atoms with E-state index in [0.29, 0.717) is 43.0 Å². The van der Waals surface area contributed by atoms with Gasteiger partial charge in [-0.05, 0) is 48.7 Å². The number of alkyl halides is 3. The summed E-state index contributed by atoms with van der Waals surface area (Å²) >= 11 is 0. The minimum Gasteiger partial charge on any atom is -0.478 e. The van der Waals surface area contributed by atoms with Crippen molar-refractivity contribution in [3.63, 3.8) is 0 Å². The summed E-state index contributed by atoms with van der Waals surface area (Å²) in [6.07, 6.45) is 0.0264. The van der Waals surface area contributed by atoms with Crippen LogP contribution in [0.3, 0.4) is 0 Å². The van der Waals surface area contributed by atoms with Gasteiger partial charge in [-0.25, -0.2) is 9.78 Å². The molecule has 1 saturated heterocycles. The molecule has 158 valence electrons. The summed E-state index contributed by atoms with van der Waals surface area (Å²) in [5.74, 6) is -0.900. The van der Waals surface area contributed by atoms with Crippen LogP contribution in [-0.2, 0) is 15.8 Å². The molecule has 1 aliphatic rings. The third-order valence-corrected chi connectivity index (χ3v) is 4.86. The summed E-state index contributed by atoms with van der Waals surface area (Å²) in [4.78, 5) is 28.8. The molecule has 2 heterocycles. The van der Waals surface area contributed by atoms with Crippen LogP contribution in [0.25, 0.3) is 6.08 Å². The number of carboxylic acids is 1. The van der Waals surface area contributed by atoms with Gasteiger partial charge in [-0.2, -0.15) is 13.2 Å². The van der Waals surface area contributed by atoms with E-state index in [0.717, 1.165) is 18.3 Å². The predicted molar refractivity (Wildman–Crippen MR) is 106 cm³/mol. The largest absolute Gasteiger partial charge is 0.478 e. The van der Waals surface area contributed by atoms with Crippen molar-refractivity contribution in [3.8, 4) is 0 Å². The van der Waals surface area contributed by atoms with Crippen molar-refractivity contribution in [2.24, 2.45) is 5.92 Å². The van der Waals surface area contributed by atoms with Crippen LogP contribution in [0.15, 0.2) is 48.7 Å². The van der Waals surface area contributed by atoms with E-state index in [4.69, 9.17) is 5.11 Å². The fraction of sp³-hybridized carbons (Fsp3) is 0.286. The molecule has 0 unspecified atom stereocenters. The van der Waals surface area contributed by atoms with E-state index in [9.17, 15) is 22.8 Å². The lowest BCUT2D eigenvalue weighted by atomic mass is 9.95. The fourth-order valence-electron chi connectivity index (χ4n) is 3.20. The Balaban J connectivity index is 1.52. The summed E-state index contributed by atoms with van der Waals surface area (Å²) in [7, 11) is 0. The first-order valence-corrected chi connectivity index (χ1v) is 9.32. The molecule has 0 atom stereocenters. The highest BCUT2D eigenvalue weighted by Crippen LogP contribution is 2.30. The number of rotatable bonds is 5. The number of hydrogen-bond donors (Lipinski definition) is 2. The molecule has 0 radical (unpaired) electrons. The number of amides is 1. The van der Waals surface area contributed by atoms with Crippen molar-refractivity contribution in [2.45, 2.75) is 19.0 Å². The van der Waals surface area contributed by atoms with Gasteiger partial charge < -0.3 is 15.3 Å². The fourth-order valence-corrected chi connectivity index (χ4v) is 3.20. The minimum atomic E-state index is -4.42. The second-order valence-corrected chi connectivity index (χ2v) is 6.95. The Morgan fingerprint density at radius 3 is 2.30 bits per heavy atom. The van der Waals surface area contributed by atoms with Gasteiger partial charge in [0.15, 0.2) is 0 Å². The van der Waals surface area contributed by atoms with Crippen LogP contribution < -0.4 is 10.2 Å². The molecular weight excluding hydrogens is 399 g/mol. The molecule has 0 aliphatic carbocycles. The number of aromatic nitrogens is 1. The molecule has 3 rings (SSSR count). The lowest BCUT2D eigenvalue weighted by Crippen LogP contribution is -2.38. The number of benzene rings is 1. The predicted octanol–water partition coefficient (Wildman–Crippen LogP) is 4.05. The average Bonchev–Trinajstić information content (AvgIpc) is 2.73. The number of nitrogens with one attached hydrogen (secondary N) is 1. The molecule has 6 nitrogen and oxygen atoms in total. The number of carboxylic acid groups (broad SMARTS) is 1. The van der Waals surface area contributed by atoms with Crippen molar-refractivity contribution >= 4 is 29.5 Å².